The molecule has 0 spiro atoms. The molecule has 0 aliphatic carbocycles. The minimum Gasteiger partial charge on any atom is -0.378 e. The van der Waals surface area contributed by atoms with Crippen LogP contribution < -0.4 is 5.32 Å². The molecule has 4 heteroatoms. The molecule has 1 aliphatic heterocycles. The van der Waals surface area contributed by atoms with E-state index >= 15 is 0 Å². The van der Waals surface area contributed by atoms with Crippen molar-refractivity contribution in [2.75, 3.05) is 13.2 Å². The Morgan fingerprint density at radius 3 is 3.06 bits per heavy atom. The van der Waals surface area contributed by atoms with Crippen molar-refractivity contribution in [3.05, 3.63) is 0 Å². The molecule has 1 rings (SSSR count). The van der Waals surface area contributed by atoms with Gasteiger partial charge in [-0.15, -0.1) is 0 Å². The number of carbonyl (C=O) groups excluding carboxylic acids is 1. The van der Waals surface area contributed by atoms with Crippen molar-refractivity contribution in [2.45, 2.75) is 56.4 Å². The van der Waals surface area contributed by atoms with Crippen LogP contribution in [0.4, 0.5) is 0 Å². The number of amides is 1. The Hall–Kier alpha value is -0.0900. The van der Waals surface area contributed by atoms with Crippen LogP contribution in [-0.4, -0.2) is 30.0 Å². The Kier molecular flexibility index (Phi) is 7.05. The Morgan fingerprint density at radius 1 is 1.62 bits per heavy atom. The lowest BCUT2D eigenvalue weighted by Crippen LogP contribution is -2.26. The summed E-state index contributed by atoms with van der Waals surface area (Å²) >= 11 is 3.55. The molecule has 0 saturated carbocycles. The Morgan fingerprint density at radius 2 is 2.44 bits per heavy atom. The van der Waals surface area contributed by atoms with Crippen molar-refractivity contribution in [1.29, 1.82) is 0 Å². The number of alkyl halides is 1. The van der Waals surface area contributed by atoms with Crippen LogP contribution in [0, 0.1) is 0 Å². The zero-order valence-electron chi connectivity index (χ0n) is 10.0. The van der Waals surface area contributed by atoms with Gasteiger partial charge < -0.3 is 10.1 Å². The molecule has 1 fully saturated rings. The van der Waals surface area contributed by atoms with E-state index in [0.29, 0.717) is 17.4 Å². The largest absolute Gasteiger partial charge is 0.378 e. The van der Waals surface area contributed by atoms with Gasteiger partial charge in [0.25, 0.3) is 0 Å². The second-order valence-electron chi connectivity index (χ2n) is 4.32. The van der Waals surface area contributed by atoms with Gasteiger partial charge in [-0.2, -0.15) is 0 Å². The maximum Gasteiger partial charge on any atom is 0.220 e. The number of hydrogen-bond donors (Lipinski definition) is 1. The summed E-state index contributed by atoms with van der Waals surface area (Å²) in [6.07, 6.45) is 6.17. The van der Waals surface area contributed by atoms with Crippen LogP contribution in [0.1, 0.15) is 45.4 Å². The SMILES string of the molecule is CCC(Br)CCNC(=O)CCC1CCCO1. The number of halogens is 1. The summed E-state index contributed by atoms with van der Waals surface area (Å²) in [5.41, 5.74) is 0. The van der Waals surface area contributed by atoms with Gasteiger partial charge in [-0.25, -0.2) is 0 Å². The van der Waals surface area contributed by atoms with Gasteiger partial charge in [0.15, 0.2) is 0 Å². The molecule has 0 bridgehead atoms. The lowest BCUT2D eigenvalue weighted by molar-refractivity contribution is -0.121. The molecule has 2 atom stereocenters. The summed E-state index contributed by atoms with van der Waals surface area (Å²) in [5.74, 6) is 0.159. The molecule has 1 saturated heterocycles. The monoisotopic (exact) mass is 291 g/mol. The highest BCUT2D eigenvalue weighted by Crippen LogP contribution is 2.16. The first-order valence-electron chi connectivity index (χ1n) is 6.24. The summed E-state index contributed by atoms with van der Waals surface area (Å²) in [7, 11) is 0. The van der Waals surface area contributed by atoms with Crippen LogP contribution in [0.2, 0.25) is 0 Å². The molecular weight excluding hydrogens is 270 g/mol. The average Bonchev–Trinajstić information content (AvgIpc) is 2.79. The summed E-state index contributed by atoms with van der Waals surface area (Å²) in [6.45, 7) is 3.78. The molecule has 94 valence electrons. The van der Waals surface area contributed by atoms with Crippen LogP contribution in [0.5, 0.6) is 0 Å². The Bertz CT molecular complexity index is 205. The number of rotatable bonds is 7. The topological polar surface area (TPSA) is 38.3 Å². The molecule has 0 aromatic rings. The van der Waals surface area contributed by atoms with Gasteiger partial charge in [0.1, 0.15) is 0 Å². The van der Waals surface area contributed by atoms with E-state index in [2.05, 4.69) is 28.2 Å². The molecule has 0 aromatic carbocycles. The molecule has 1 heterocycles. The third-order valence-corrected chi connectivity index (χ3v) is 4.05. The van der Waals surface area contributed by atoms with Gasteiger partial charge >= 0.3 is 0 Å². The summed E-state index contributed by atoms with van der Waals surface area (Å²) in [4.78, 5) is 12.0. The highest BCUT2D eigenvalue weighted by molar-refractivity contribution is 9.09. The van der Waals surface area contributed by atoms with Crippen molar-refractivity contribution >= 4 is 21.8 Å². The molecule has 3 nitrogen and oxygen atoms in total. The molecule has 1 amide bonds. The van der Waals surface area contributed by atoms with E-state index in [-0.39, 0.29) is 5.91 Å². The standard InChI is InChI=1S/C12H22BrNO2/c1-2-10(13)7-8-14-12(15)6-5-11-4-3-9-16-11/h10-11H,2-9H2,1H3,(H,14,15). The van der Waals surface area contributed by atoms with Crippen LogP contribution in [-0.2, 0) is 9.53 Å². The van der Waals surface area contributed by atoms with Crippen molar-refractivity contribution in [3.8, 4) is 0 Å². The number of carbonyl (C=O) groups is 1. The van der Waals surface area contributed by atoms with E-state index in [1.807, 2.05) is 0 Å². The van der Waals surface area contributed by atoms with E-state index in [9.17, 15) is 4.79 Å². The fourth-order valence-electron chi connectivity index (χ4n) is 1.82. The second kappa shape index (κ2) is 8.07. The fraction of sp³-hybridized carbons (Fsp3) is 0.917. The molecule has 1 N–H and O–H groups in total. The zero-order chi connectivity index (χ0) is 11.8. The predicted molar refractivity (Wildman–Crippen MR) is 68.8 cm³/mol. The zero-order valence-corrected chi connectivity index (χ0v) is 11.6. The van der Waals surface area contributed by atoms with E-state index in [1.54, 1.807) is 0 Å². The maximum atomic E-state index is 11.5. The Labute approximate surface area is 106 Å². The molecule has 1 aliphatic rings. The molecular formula is C12H22BrNO2. The molecule has 16 heavy (non-hydrogen) atoms. The smallest absolute Gasteiger partial charge is 0.220 e. The summed E-state index contributed by atoms with van der Waals surface area (Å²) in [5, 5.41) is 2.95. The second-order valence-corrected chi connectivity index (χ2v) is 5.61. The summed E-state index contributed by atoms with van der Waals surface area (Å²) in [6, 6.07) is 0. The maximum absolute atomic E-state index is 11.5. The van der Waals surface area contributed by atoms with Gasteiger partial charge in [-0.05, 0) is 32.1 Å². The summed E-state index contributed by atoms with van der Waals surface area (Å²) < 4.78 is 5.48. The predicted octanol–water partition coefficient (Wildman–Crippen LogP) is 2.63. The third-order valence-electron chi connectivity index (χ3n) is 2.94. The average molecular weight is 292 g/mol. The minimum atomic E-state index is 0.159. The van der Waals surface area contributed by atoms with Gasteiger partial charge in [0.05, 0.1) is 6.10 Å². The lowest BCUT2D eigenvalue weighted by atomic mass is 10.1. The third kappa shape index (κ3) is 5.85. The van der Waals surface area contributed by atoms with Gasteiger partial charge in [-0.3, -0.25) is 4.79 Å². The minimum absolute atomic E-state index is 0.159. The molecule has 0 radical (unpaired) electrons. The van der Waals surface area contributed by atoms with Crippen molar-refractivity contribution in [3.63, 3.8) is 0 Å². The number of hydrogen-bond acceptors (Lipinski definition) is 2. The van der Waals surface area contributed by atoms with Gasteiger partial charge in [0.2, 0.25) is 5.91 Å². The number of ether oxygens (including phenoxy) is 1. The normalized spacial score (nSPS) is 22.0. The Balaban J connectivity index is 1.97. The van der Waals surface area contributed by atoms with Crippen LogP contribution >= 0.6 is 15.9 Å². The molecule has 0 aromatic heterocycles. The lowest BCUT2D eigenvalue weighted by Gasteiger charge is -2.10. The highest BCUT2D eigenvalue weighted by Gasteiger charge is 2.16. The van der Waals surface area contributed by atoms with Crippen LogP contribution in [0.25, 0.3) is 0 Å². The van der Waals surface area contributed by atoms with E-state index in [0.717, 1.165) is 45.3 Å². The quantitative estimate of drug-likeness (QED) is 0.733. The number of nitrogens with one attached hydrogen (secondary N) is 1. The van der Waals surface area contributed by atoms with Crippen molar-refractivity contribution in [2.24, 2.45) is 0 Å². The fourth-order valence-corrected chi connectivity index (χ4v) is 2.05. The van der Waals surface area contributed by atoms with E-state index in [4.69, 9.17) is 4.74 Å². The van der Waals surface area contributed by atoms with Crippen molar-refractivity contribution < 1.29 is 9.53 Å². The van der Waals surface area contributed by atoms with Gasteiger partial charge in [-0.1, -0.05) is 22.9 Å². The first-order chi connectivity index (χ1) is 7.72. The van der Waals surface area contributed by atoms with E-state index < -0.39 is 0 Å². The first-order valence-corrected chi connectivity index (χ1v) is 7.16. The van der Waals surface area contributed by atoms with Crippen LogP contribution in [0.15, 0.2) is 0 Å². The van der Waals surface area contributed by atoms with E-state index in [1.165, 1.54) is 0 Å². The van der Waals surface area contributed by atoms with Gasteiger partial charge in [0, 0.05) is 24.4 Å². The highest BCUT2D eigenvalue weighted by atomic mass is 79.9. The first kappa shape index (κ1) is 14.0. The molecule has 2 unspecified atom stereocenters. The van der Waals surface area contributed by atoms with Crippen molar-refractivity contribution in [1.82, 2.24) is 5.32 Å². The van der Waals surface area contributed by atoms with Crippen LogP contribution in [0.3, 0.4) is 0 Å².